The Balaban J connectivity index is 1.68. The van der Waals surface area contributed by atoms with E-state index in [1.807, 2.05) is 0 Å². The van der Waals surface area contributed by atoms with Gasteiger partial charge < -0.3 is 9.84 Å². The van der Waals surface area contributed by atoms with Gasteiger partial charge in [0.25, 0.3) is 0 Å². The molecule has 3 rings (SSSR count). The van der Waals surface area contributed by atoms with Crippen molar-refractivity contribution in [1.29, 1.82) is 0 Å². The number of hydrogen-bond acceptors (Lipinski definition) is 4. The Morgan fingerprint density at radius 1 is 0.889 bits per heavy atom. The second kappa shape index (κ2) is 8.06. The van der Waals surface area contributed by atoms with Gasteiger partial charge >= 0.3 is 5.97 Å². The molecule has 5 heteroatoms. The van der Waals surface area contributed by atoms with Gasteiger partial charge in [-0.3, -0.25) is 4.79 Å². The molecule has 0 aromatic heterocycles. The molecule has 0 amide bonds. The van der Waals surface area contributed by atoms with E-state index < -0.39 is 12.1 Å². The molecule has 0 fully saturated rings. The molecule has 0 aliphatic carbocycles. The average Bonchev–Trinajstić information content (AvgIpc) is 2.68. The number of aromatic hydroxyl groups is 1. The summed E-state index contributed by atoms with van der Waals surface area (Å²) in [5.41, 5.74) is 2.56. The maximum atomic E-state index is 12.4. The van der Waals surface area contributed by atoms with Crippen molar-refractivity contribution in [3.8, 4) is 16.9 Å². The number of Topliss-reactive ketones (excluding diaryl/α,β-unsaturated/α-hetero) is 1. The van der Waals surface area contributed by atoms with Gasteiger partial charge in [0.1, 0.15) is 5.75 Å². The molecular formula is C22H17ClO4. The molecule has 0 saturated heterocycles. The molecule has 136 valence electrons. The quantitative estimate of drug-likeness (QED) is 0.491. The standard InChI is InChI=1S/C22H17ClO4/c1-14(21(25)18-3-2-4-19(23)13-18)27-22(26)17-7-5-15(6-8-17)16-9-11-20(24)12-10-16/h2-14,24H,1H3. The van der Waals surface area contributed by atoms with E-state index in [1.54, 1.807) is 72.8 Å². The fourth-order valence-electron chi connectivity index (χ4n) is 2.61. The second-order valence-electron chi connectivity index (χ2n) is 6.05. The number of benzene rings is 3. The van der Waals surface area contributed by atoms with Crippen LogP contribution in [-0.4, -0.2) is 23.0 Å². The van der Waals surface area contributed by atoms with Gasteiger partial charge in [0.2, 0.25) is 5.78 Å². The summed E-state index contributed by atoms with van der Waals surface area (Å²) in [6.45, 7) is 1.53. The monoisotopic (exact) mass is 380 g/mol. The fourth-order valence-corrected chi connectivity index (χ4v) is 2.80. The maximum absolute atomic E-state index is 12.4. The van der Waals surface area contributed by atoms with E-state index in [0.717, 1.165) is 11.1 Å². The zero-order chi connectivity index (χ0) is 19.4. The van der Waals surface area contributed by atoms with Crippen LogP contribution < -0.4 is 0 Å². The second-order valence-corrected chi connectivity index (χ2v) is 6.48. The molecule has 3 aromatic rings. The number of ether oxygens (including phenoxy) is 1. The minimum Gasteiger partial charge on any atom is -0.508 e. The molecule has 0 heterocycles. The van der Waals surface area contributed by atoms with Crippen LogP contribution in [0.4, 0.5) is 0 Å². The first-order chi connectivity index (χ1) is 12.9. The van der Waals surface area contributed by atoms with Crippen LogP contribution in [0.3, 0.4) is 0 Å². The summed E-state index contributed by atoms with van der Waals surface area (Å²) in [7, 11) is 0. The highest BCUT2D eigenvalue weighted by molar-refractivity contribution is 6.31. The smallest absolute Gasteiger partial charge is 0.338 e. The first kappa shape index (κ1) is 18.7. The maximum Gasteiger partial charge on any atom is 0.338 e. The summed E-state index contributed by atoms with van der Waals surface area (Å²) in [5.74, 6) is -0.695. The Hall–Kier alpha value is -3.11. The van der Waals surface area contributed by atoms with Gasteiger partial charge in [-0.25, -0.2) is 4.79 Å². The van der Waals surface area contributed by atoms with Gasteiger partial charge in [-0.15, -0.1) is 0 Å². The Bertz CT molecular complexity index is 962. The van der Waals surface area contributed by atoms with Crippen LogP contribution in [0, 0.1) is 0 Å². The van der Waals surface area contributed by atoms with Crippen LogP contribution in [0.15, 0.2) is 72.8 Å². The number of carbonyl (C=O) groups is 2. The van der Waals surface area contributed by atoms with E-state index in [0.29, 0.717) is 16.1 Å². The number of rotatable bonds is 5. The van der Waals surface area contributed by atoms with Gasteiger partial charge in [-0.05, 0) is 54.4 Å². The lowest BCUT2D eigenvalue weighted by Crippen LogP contribution is -2.24. The first-order valence-electron chi connectivity index (χ1n) is 8.34. The molecular weight excluding hydrogens is 364 g/mol. The largest absolute Gasteiger partial charge is 0.508 e. The number of carbonyl (C=O) groups excluding carboxylic acids is 2. The van der Waals surface area contributed by atoms with E-state index in [-0.39, 0.29) is 11.5 Å². The summed E-state index contributed by atoms with van der Waals surface area (Å²) in [6.07, 6.45) is -0.923. The normalized spacial score (nSPS) is 11.6. The van der Waals surface area contributed by atoms with Crippen LogP contribution >= 0.6 is 11.6 Å². The highest BCUT2D eigenvalue weighted by atomic mass is 35.5. The number of halogens is 1. The van der Waals surface area contributed by atoms with Crippen LogP contribution in [0.1, 0.15) is 27.6 Å². The third-order valence-corrected chi connectivity index (χ3v) is 4.32. The van der Waals surface area contributed by atoms with Crippen molar-refractivity contribution in [2.45, 2.75) is 13.0 Å². The van der Waals surface area contributed by atoms with Crippen molar-refractivity contribution in [1.82, 2.24) is 0 Å². The zero-order valence-corrected chi connectivity index (χ0v) is 15.3. The van der Waals surface area contributed by atoms with E-state index in [1.165, 1.54) is 6.92 Å². The van der Waals surface area contributed by atoms with Crippen molar-refractivity contribution in [2.75, 3.05) is 0 Å². The lowest BCUT2D eigenvalue weighted by atomic mass is 10.0. The SMILES string of the molecule is CC(OC(=O)c1ccc(-c2ccc(O)cc2)cc1)C(=O)c1cccc(Cl)c1. The molecule has 0 saturated carbocycles. The van der Waals surface area contributed by atoms with Gasteiger partial charge in [0.05, 0.1) is 5.56 Å². The van der Waals surface area contributed by atoms with Crippen LogP contribution in [-0.2, 0) is 4.74 Å². The van der Waals surface area contributed by atoms with E-state index in [4.69, 9.17) is 16.3 Å². The van der Waals surface area contributed by atoms with Crippen LogP contribution in [0.25, 0.3) is 11.1 Å². The highest BCUT2D eigenvalue weighted by Gasteiger charge is 2.20. The molecule has 1 unspecified atom stereocenters. The average molecular weight is 381 g/mol. The lowest BCUT2D eigenvalue weighted by Gasteiger charge is -2.13. The van der Waals surface area contributed by atoms with Crippen molar-refractivity contribution < 1.29 is 19.4 Å². The molecule has 0 aliphatic rings. The first-order valence-corrected chi connectivity index (χ1v) is 8.72. The van der Waals surface area contributed by atoms with Crippen LogP contribution in [0.5, 0.6) is 5.75 Å². The number of phenolic OH excluding ortho intramolecular Hbond substituents is 1. The zero-order valence-electron chi connectivity index (χ0n) is 14.6. The Kier molecular flexibility index (Phi) is 5.57. The number of hydrogen-bond donors (Lipinski definition) is 1. The molecule has 4 nitrogen and oxygen atoms in total. The van der Waals surface area contributed by atoms with Gasteiger partial charge in [0, 0.05) is 10.6 Å². The molecule has 3 aromatic carbocycles. The number of ketones is 1. The Morgan fingerprint density at radius 2 is 1.48 bits per heavy atom. The summed E-state index contributed by atoms with van der Waals surface area (Å²) in [4.78, 5) is 24.7. The molecule has 0 bridgehead atoms. The summed E-state index contributed by atoms with van der Waals surface area (Å²) >= 11 is 5.90. The van der Waals surface area contributed by atoms with Gasteiger partial charge in [-0.2, -0.15) is 0 Å². The highest BCUT2D eigenvalue weighted by Crippen LogP contribution is 2.22. The van der Waals surface area contributed by atoms with Crippen molar-refractivity contribution in [3.05, 3.63) is 88.9 Å². The van der Waals surface area contributed by atoms with Crippen molar-refractivity contribution >= 4 is 23.4 Å². The Labute approximate surface area is 162 Å². The third kappa shape index (κ3) is 4.54. The van der Waals surface area contributed by atoms with Gasteiger partial charge in [0.15, 0.2) is 6.10 Å². The van der Waals surface area contributed by atoms with E-state index in [2.05, 4.69) is 0 Å². The topological polar surface area (TPSA) is 63.6 Å². The molecule has 0 aliphatic heterocycles. The van der Waals surface area contributed by atoms with Crippen molar-refractivity contribution in [3.63, 3.8) is 0 Å². The summed E-state index contributed by atoms with van der Waals surface area (Å²) < 4.78 is 5.29. The van der Waals surface area contributed by atoms with Crippen LogP contribution in [0.2, 0.25) is 5.02 Å². The molecule has 27 heavy (non-hydrogen) atoms. The van der Waals surface area contributed by atoms with Gasteiger partial charge in [-0.1, -0.05) is 48.0 Å². The minimum atomic E-state index is -0.923. The molecule has 1 atom stereocenters. The number of esters is 1. The van der Waals surface area contributed by atoms with E-state index in [9.17, 15) is 14.7 Å². The Morgan fingerprint density at radius 3 is 2.07 bits per heavy atom. The minimum absolute atomic E-state index is 0.192. The molecule has 1 N–H and O–H groups in total. The predicted octanol–water partition coefficient (Wildman–Crippen LogP) is 5.14. The predicted molar refractivity (Wildman–Crippen MR) is 104 cm³/mol. The number of phenols is 1. The van der Waals surface area contributed by atoms with E-state index >= 15 is 0 Å². The van der Waals surface area contributed by atoms with Crippen molar-refractivity contribution in [2.24, 2.45) is 0 Å². The summed E-state index contributed by atoms with van der Waals surface area (Å²) in [5, 5.41) is 9.80. The molecule has 0 radical (unpaired) electrons. The lowest BCUT2D eigenvalue weighted by molar-refractivity contribution is 0.0319. The third-order valence-electron chi connectivity index (χ3n) is 4.08. The molecule has 0 spiro atoms. The fraction of sp³-hybridized carbons (Fsp3) is 0.0909. The summed E-state index contributed by atoms with van der Waals surface area (Å²) in [6, 6.07) is 20.1.